The first-order chi connectivity index (χ1) is 18.6. The Morgan fingerprint density at radius 1 is 1.08 bits per heavy atom. The number of anilines is 2. The number of halogens is 3. The summed E-state index contributed by atoms with van der Waals surface area (Å²) < 4.78 is 72.2. The van der Waals surface area contributed by atoms with Gasteiger partial charge in [0.25, 0.3) is 5.91 Å². The van der Waals surface area contributed by atoms with Crippen LogP contribution in [0.2, 0.25) is 0 Å². The van der Waals surface area contributed by atoms with Crippen molar-refractivity contribution in [2.24, 2.45) is 5.73 Å². The van der Waals surface area contributed by atoms with Crippen LogP contribution < -0.4 is 20.3 Å². The highest BCUT2D eigenvalue weighted by atomic mass is 32.2. The van der Waals surface area contributed by atoms with Gasteiger partial charge in [0.05, 0.1) is 4.90 Å². The molecule has 1 saturated heterocycles. The van der Waals surface area contributed by atoms with E-state index in [4.69, 9.17) is 10.5 Å². The summed E-state index contributed by atoms with van der Waals surface area (Å²) in [6.45, 7) is 1.79. The van der Waals surface area contributed by atoms with Gasteiger partial charge >= 0.3 is 6.18 Å². The molecule has 1 fully saturated rings. The maximum atomic E-state index is 13.4. The molecular weight excluding hydrogens is 555 g/mol. The van der Waals surface area contributed by atoms with Crippen LogP contribution in [0.4, 0.5) is 24.0 Å². The van der Waals surface area contributed by atoms with Crippen LogP contribution in [0.15, 0.2) is 52.7 Å². The molecule has 2 aliphatic rings. The molecule has 39 heavy (non-hydrogen) atoms. The number of sulfonamides is 1. The van der Waals surface area contributed by atoms with Gasteiger partial charge in [-0.1, -0.05) is 6.07 Å². The highest BCUT2D eigenvalue weighted by Gasteiger charge is 2.36. The molecule has 0 unspecified atom stereocenters. The zero-order valence-electron chi connectivity index (χ0n) is 20.7. The van der Waals surface area contributed by atoms with Crippen molar-refractivity contribution in [1.82, 2.24) is 9.29 Å². The molecule has 0 atom stereocenters. The average Bonchev–Trinajstić information content (AvgIpc) is 3.59. The van der Waals surface area contributed by atoms with Crippen LogP contribution >= 0.6 is 11.3 Å². The van der Waals surface area contributed by atoms with Gasteiger partial charge in [0.2, 0.25) is 10.0 Å². The van der Waals surface area contributed by atoms with E-state index in [1.807, 2.05) is 0 Å². The molecule has 0 bridgehead atoms. The van der Waals surface area contributed by atoms with E-state index in [9.17, 15) is 26.4 Å². The molecule has 0 saturated carbocycles. The lowest BCUT2D eigenvalue weighted by Crippen LogP contribution is -2.48. The lowest BCUT2D eigenvalue weighted by molar-refractivity contribution is -0.140. The van der Waals surface area contributed by atoms with E-state index in [0.29, 0.717) is 43.1 Å². The normalized spacial score (nSPS) is 16.4. The standard InChI is InChI=1S/C25H26F3N5O4S2/c26-25(27,28)22-16-38-24(30-22)31-9-11-32(12-10-31)39(35,36)20-4-5-21-17(15-20)6-8-33(21)23(34)18-2-1-3-19(14-18)37-13-7-29/h1-5,14-16H,6-13,29H2. The lowest BCUT2D eigenvalue weighted by Gasteiger charge is -2.33. The molecule has 0 spiro atoms. The molecule has 2 aliphatic heterocycles. The summed E-state index contributed by atoms with van der Waals surface area (Å²) in [6, 6.07) is 11.6. The molecule has 14 heteroatoms. The molecule has 2 aromatic carbocycles. The number of thiazole rings is 1. The Kier molecular flexibility index (Phi) is 7.55. The van der Waals surface area contributed by atoms with Crippen LogP contribution in [-0.4, -0.2) is 69.5 Å². The second kappa shape index (κ2) is 10.8. The van der Waals surface area contributed by atoms with Crippen molar-refractivity contribution in [3.8, 4) is 5.75 Å². The number of carbonyl (C=O) groups is 1. The molecule has 5 rings (SSSR count). The predicted molar refractivity (Wildman–Crippen MR) is 141 cm³/mol. The van der Waals surface area contributed by atoms with Crippen molar-refractivity contribution in [2.45, 2.75) is 17.5 Å². The van der Waals surface area contributed by atoms with Gasteiger partial charge in [-0.2, -0.15) is 17.5 Å². The highest BCUT2D eigenvalue weighted by Crippen LogP contribution is 2.35. The molecule has 0 radical (unpaired) electrons. The predicted octanol–water partition coefficient (Wildman–Crippen LogP) is 3.21. The molecule has 3 heterocycles. The van der Waals surface area contributed by atoms with Crippen LogP contribution in [0, 0.1) is 0 Å². The second-order valence-electron chi connectivity index (χ2n) is 9.07. The number of nitrogens with two attached hydrogens (primary N) is 1. The molecule has 2 N–H and O–H groups in total. The number of hydrogen-bond donors (Lipinski definition) is 1. The Bertz CT molecular complexity index is 1470. The van der Waals surface area contributed by atoms with Crippen molar-refractivity contribution in [3.05, 3.63) is 64.7 Å². The summed E-state index contributed by atoms with van der Waals surface area (Å²) in [5.74, 6) is 0.331. The number of ether oxygens (including phenoxy) is 1. The van der Waals surface area contributed by atoms with E-state index in [1.165, 1.54) is 10.4 Å². The van der Waals surface area contributed by atoms with E-state index in [2.05, 4.69) is 4.98 Å². The molecular formula is C25H26F3N5O4S2. The summed E-state index contributed by atoms with van der Waals surface area (Å²) in [7, 11) is -3.83. The molecule has 208 valence electrons. The minimum absolute atomic E-state index is 0.119. The first-order valence-electron chi connectivity index (χ1n) is 12.2. The molecule has 3 aromatic rings. The van der Waals surface area contributed by atoms with Crippen LogP contribution in [0.1, 0.15) is 21.6 Å². The van der Waals surface area contributed by atoms with Crippen LogP contribution in [0.3, 0.4) is 0 Å². The van der Waals surface area contributed by atoms with Crippen molar-refractivity contribution in [2.75, 3.05) is 55.7 Å². The first kappa shape index (κ1) is 27.4. The van der Waals surface area contributed by atoms with Crippen molar-refractivity contribution >= 4 is 38.1 Å². The fourth-order valence-electron chi connectivity index (χ4n) is 4.61. The number of amides is 1. The van der Waals surface area contributed by atoms with Crippen molar-refractivity contribution in [1.29, 1.82) is 0 Å². The Morgan fingerprint density at radius 3 is 2.54 bits per heavy atom. The molecule has 1 aromatic heterocycles. The average molecular weight is 582 g/mol. The van der Waals surface area contributed by atoms with E-state index in [-0.39, 0.29) is 42.1 Å². The minimum Gasteiger partial charge on any atom is -0.492 e. The Labute approximate surface area is 227 Å². The monoisotopic (exact) mass is 581 g/mol. The van der Waals surface area contributed by atoms with E-state index in [0.717, 1.165) is 22.3 Å². The van der Waals surface area contributed by atoms with Gasteiger partial charge in [-0.05, 0) is 48.4 Å². The molecule has 1 amide bonds. The number of alkyl halides is 3. The van der Waals surface area contributed by atoms with Gasteiger partial charge in [0.1, 0.15) is 12.4 Å². The quantitative estimate of drug-likeness (QED) is 0.457. The van der Waals surface area contributed by atoms with Crippen molar-refractivity contribution in [3.63, 3.8) is 0 Å². The van der Waals surface area contributed by atoms with E-state index in [1.54, 1.807) is 46.2 Å². The van der Waals surface area contributed by atoms with E-state index < -0.39 is 21.9 Å². The van der Waals surface area contributed by atoms with Crippen LogP contribution in [0.5, 0.6) is 5.75 Å². The largest absolute Gasteiger partial charge is 0.492 e. The van der Waals surface area contributed by atoms with Crippen LogP contribution in [0.25, 0.3) is 0 Å². The van der Waals surface area contributed by atoms with Gasteiger partial charge in [-0.3, -0.25) is 4.79 Å². The Morgan fingerprint density at radius 2 is 1.85 bits per heavy atom. The fraction of sp³-hybridized carbons (Fsp3) is 0.360. The maximum absolute atomic E-state index is 13.4. The second-order valence-corrected chi connectivity index (χ2v) is 11.8. The zero-order chi connectivity index (χ0) is 27.8. The number of piperazine rings is 1. The zero-order valence-corrected chi connectivity index (χ0v) is 22.4. The number of benzene rings is 2. The number of fused-ring (bicyclic) bond motifs is 1. The number of hydrogen-bond acceptors (Lipinski definition) is 8. The number of aromatic nitrogens is 1. The smallest absolute Gasteiger partial charge is 0.434 e. The van der Waals surface area contributed by atoms with Gasteiger partial charge in [-0.25, -0.2) is 13.4 Å². The first-order valence-corrected chi connectivity index (χ1v) is 14.6. The summed E-state index contributed by atoms with van der Waals surface area (Å²) >= 11 is 0.889. The Hall–Kier alpha value is -3.20. The van der Waals surface area contributed by atoms with E-state index >= 15 is 0 Å². The van der Waals surface area contributed by atoms with Crippen LogP contribution in [-0.2, 0) is 22.6 Å². The third-order valence-electron chi connectivity index (χ3n) is 6.59. The summed E-state index contributed by atoms with van der Waals surface area (Å²) in [6.07, 6.45) is -4.01. The summed E-state index contributed by atoms with van der Waals surface area (Å²) in [5.41, 5.74) is 6.39. The van der Waals surface area contributed by atoms with Crippen molar-refractivity contribution < 1.29 is 31.1 Å². The summed E-state index contributed by atoms with van der Waals surface area (Å²) in [4.78, 5) is 20.3. The highest BCUT2D eigenvalue weighted by molar-refractivity contribution is 7.89. The Balaban J connectivity index is 1.27. The SMILES string of the molecule is NCCOc1cccc(C(=O)N2CCc3cc(S(=O)(=O)N4CCN(c5nc(C(F)(F)F)cs5)CC4)ccc32)c1. The number of nitrogens with zero attached hydrogens (tertiary/aromatic N) is 4. The van der Waals surface area contributed by atoms with Gasteiger partial charge in [0.15, 0.2) is 10.8 Å². The topological polar surface area (TPSA) is 109 Å². The molecule has 9 nitrogen and oxygen atoms in total. The number of rotatable bonds is 7. The van der Waals surface area contributed by atoms with Gasteiger partial charge in [0, 0.05) is 55.9 Å². The molecule has 0 aliphatic carbocycles. The third kappa shape index (κ3) is 5.60. The maximum Gasteiger partial charge on any atom is 0.434 e. The minimum atomic E-state index is -4.52. The lowest BCUT2D eigenvalue weighted by atomic mass is 10.1. The number of carbonyl (C=O) groups excluding carboxylic acids is 1. The van der Waals surface area contributed by atoms with Gasteiger partial charge < -0.3 is 20.3 Å². The van der Waals surface area contributed by atoms with Gasteiger partial charge in [-0.15, -0.1) is 11.3 Å². The fourth-order valence-corrected chi connectivity index (χ4v) is 6.97. The summed E-state index contributed by atoms with van der Waals surface area (Å²) in [5, 5.41) is 1.18. The third-order valence-corrected chi connectivity index (χ3v) is 9.38.